The maximum Gasteiger partial charge on any atom is 0.227 e. The van der Waals surface area contributed by atoms with E-state index in [1.165, 1.54) is 0 Å². The van der Waals surface area contributed by atoms with Gasteiger partial charge in [0.15, 0.2) is 0 Å². The number of hydrogen-bond acceptors (Lipinski definition) is 5. The van der Waals surface area contributed by atoms with Gasteiger partial charge >= 0.3 is 0 Å². The van der Waals surface area contributed by atoms with Gasteiger partial charge in [-0.15, -0.1) is 0 Å². The van der Waals surface area contributed by atoms with Crippen molar-refractivity contribution in [3.8, 4) is 17.1 Å². The van der Waals surface area contributed by atoms with Crippen molar-refractivity contribution in [1.29, 1.82) is 0 Å². The molecule has 4 rings (SSSR count). The molecule has 6 nitrogen and oxygen atoms in total. The second-order valence-corrected chi connectivity index (χ2v) is 7.21. The van der Waals surface area contributed by atoms with Crippen LogP contribution in [-0.4, -0.2) is 33.6 Å². The van der Waals surface area contributed by atoms with Crippen molar-refractivity contribution in [2.45, 2.75) is 45.2 Å². The molecule has 150 valence electrons. The van der Waals surface area contributed by atoms with Crippen LogP contribution in [0.4, 0.5) is 0 Å². The summed E-state index contributed by atoms with van der Waals surface area (Å²) in [6.45, 7) is 3.23. The van der Waals surface area contributed by atoms with Crippen LogP contribution in [0.1, 0.15) is 37.6 Å². The lowest BCUT2D eigenvalue weighted by Crippen LogP contribution is -2.32. The number of aryl methyl sites for hydroxylation is 1. The predicted octanol–water partition coefficient (Wildman–Crippen LogP) is 4.26. The third-order valence-electron chi connectivity index (χ3n) is 4.95. The van der Waals surface area contributed by atoms with E-state index >= 15 is 0 Å². The number of rotatable bonds is 9. The first-order valence-electron chi connectivity index (χ1n) is 10.1. The highest BCUT2D eigenvalue weighted by Gasteiger charge is 2.32. The largest absolute Gasteiger partial charge is 0.494 e. The van der Waals surface area contributed by atoms with Gasteiger partial charge < -0.3 is 14.2 Å². The Hall–Kier alpha value is -3.15. The Bertz CT molecular complexity index is 934. The average Bonchev–Trinajstić information content (AvgIpc) is 3.49. The number of aromatic nitrogens is 2. The zero-order chi connectivity index (χ0) is 20.1. The summed E-state index contributed by atoms with van der Waals surface area (Å²) in [4.78, 5) is 19.2. The maximum absolute atomic E-state index is 12.8. The van der Waals surface area contributed by atoms with Gasteiger partial charge in [-0.05, 0) is 49.6 Å². The van der Waals surface area contributed by atoms with Crippen molar-refractivity contribution in [3.63, 3.8) is 0 Å². The molecule has 0 atom stereocenters. The van der Waals surface area contributed by atoms with E-state index in [1.54, 1.807) is 0 Å². The highest BCUT2D eigenvalue weighted by Crippen LogP contribution is 2.29. The van der Waals surface area contributed by atoms with Gasteiger partial charge in [0.2, 0.25) is 17.6 Å². The molecule has 0 unspecified atom stereocenters. The summed E-state index contributed by atoms with van der Waals surface area (Å²) in [7, 11) is 0. The predicted molar refractivity (Wildman–Crippen MR) is 109 cm³/mol. The summed E-state index contributed by atoms with van der Waals surface area (Å²) in [5.41, 5.74) is 2.02. The van der Waals surface area contributed by atoms with E-state index in [4.69, 9.17) is 9.26 Å². The van der Waals surface area contributed by atoms with E-state index < -0.39 is 0 Å². The van der Waals surface area contributed by atoms with Crippen LogP contribution in [0.25, 0.3) is 11.4 Å². The number of amides is 1. The van der Waals surface area contributed by atoms with Crippen molar-refractivity contribution in [2.75, 3.05) is 6.61 Å². The maximum atomic E-state index is 12.8. The highest BCUT2D eigenvalue weighted by molar-refractivity contribution is 5.77. The molecule has 1 aliphatic carbocycles. The van der Waals surface area contributed by atoms with Gasteiger partial charge in [-0.2, -0.15) is 4.98 Å². The molecule has 0 bridgehead atoms. The normalized spacial score (nSPS) is 13.3. The Labute approximate surface area is 170 Å². The van der Waals surface area contributed by atoms with Crippen LogP contribution in [0.5, 0.6) is 5.75 Å². The Balaban J connectivity index is 1.35. The summed E-state index contributed by atoms with van der Waals surface area (Å²) < 4.78 is 10.8. The topological polar surface area (TPSA) is 68.5 Å². The molecule has 1 saturated carbocycles. The Morgan fingerprint density at radius 2 is 1.90 bits per heavy atom. The summed E-state index contributed by atoms with van der Waals surface area (Å²) in [5.74, 6) is 1.96. The number of benzene rings is 2. The van der Waals surface area contributed by atoms with Crippen molar-refractivity contribution in [3.05, 3.63) is 66.1 Å². The van der Waals surface area contributed by atoms with E-state index in [0.29, 0.717) is 43.8 Å². The van der Waals surface area contributed by atoms with Crippen molar-refractivity contribution in [1.82, 2.24) is 15.0 Å². The molecule has 1 aromatic heterocycles. The summed E-state index contributed by atoms with van der Waals surface area (Å²) in [6, 6.07) is 18.1. The van der Waals surface area contributed by atoms with E-state index in [1.807, 2.05) is 54.3 Å². The van der Waals surface area contributed by atoms with Gasteiger partial charge in [0.05, 0.1) is 6.61 Å². The second kappa shape index (κ2) is 8.90. The summed E-state index contributed by atoms with van der Waals surface area (Å²) in [5, 5.41) is 4.05. The van der Waals surface area contributed by atoms with Crippen LogP contribution in [-0.2, 0) is 17.8 Å². The van der Waals surface area contributed by atoms with E-state index in [9.17, 15) is 4.79 Å². The molecule has 6 heteroatoms. The fourth-order valence-corrected chi connectivity index (χ4v) is 3.29. The molecule has 3 aromatic rings. The third kappa shape index (κ3) is 5.02. The minimum atomic E-state index is 0.136. The van der Waals surface area contributed by atoms with Crippen LogP contribution in [0.3, 0.4) is 0 Å². The van der Waals surface area contributed by atoms with Crippen LogP contribution in [0.15, 0.2) is 59.1 Å². The second-order valence-electron chi connectivity index (χ2n) is 7.21. The fraction of sp³-hybridized carbons (Fsp3) is 0.348. The van der Waals surface area contributed by atoms with Gasteiger partial charge in [-0.25, -0.2) is 0 Å². The first-order chi connectivity index (χ1) is 14.2. The first-order valence-corrected chi connectivity index (χ1v) is 10.1. The van der Waals surface area contributed by atoms with Crippen LogP contribution < -0.4 is 4.74 Å². The van der Waals surface area contributed by atoms with E-state index in [-0.39, 0.29) is 5.91 Å². The summed E-state index contributed by atoms with van der Waals surface area (Å²) in [6.07, 6.45) is 2.98. The van der Waals surface area contributed by atoms with Gasteiger partial charge in [-0.3, -0.25) is 4.79 Å². The lowest BCUT2D eigenvalue weighted by Gasteiger charge is -2.22. The molecule has 0 radical (unpaired) electrons. The molecule has 2 aromatic carbocycles. The molecule has 0 spiro atoms. The number of carbonyl (C=O) groups is 1. The van der Waals surface area contributed by atoms with Gasteiger partial charge in [0, 0.05) is 31.0 Å². The third-order valence-corrected chi connectivity index (χ3v) is 4.95. The molecular weight excluding hydrogens is 366 g/mol. The molecule has 0 N–H and O–H groups in total. The van der Waals surface area contributed by atoms with Gasteiger partial charge in [-0.1, -0.05) is 35.5 Å². The van der Waals surface area contributed by atoms with Crippen molar-refractivity contribution >= 4 is 5.91 Å². The van der Waals surface area contributed by atoms with Gasteiger partial charge in [0.1, 0.15) is 5.75 Å². The van der Waals surface area contributed by atoms with E-state index in [0.717, 1.165) is 29.7 Å². The van der Waals surface area contributed by atoms with Crippen LogP contribution in [0, 0.1) is 0 Å². The molecule has 29 heavy (non-hydrogen) atoms. The Morgan fingerprint density at radius 3 is 2.59 bits per heavy atom. The minimum Gasteiger partial charge on any atom is -0.494 e. The van der Waals surface area contributed by atoms with Crippen molar-refractivity contribution < 1.29 is 14.1 Å². The number of ether oxygens (including phenoxy) is 1. The highest BCUT2D eigenvalue weighted by atomic mass is 16.5. The molecule has 0 saturated heterocycles. The standard InChI is InChI=1S/C23H25N3O3/c1-2-28-20-12-8-18(9-13-20)23-24-21(29-25-23)14-15-22(27)26(19-10-11-19)16-17-6-4-3-5-7-17/h3-9,12-13,19H,2,10-11,14-16H2,1H3. The smallest absolute Gasteiger partial charge is 0.227 e. The van der Waals surface area contributed by atoms with Crippen LogP contribution in [0.2, 0.25) is 0 Å². The van der Waals surface area contributed by atoms with Crippen molar-refractivity contribution in [2.24, 2.45) is 0 Å². The average molecular weight is 391 g/mol. The summed E-state index contributed by atoms with van der Waals surface area (Å²) >= 11 is 0. The molecule has 0 aliphatic heterocycles. The fourth-order valence-electron chi connectivity index (χ4n) is 3.29. The number of carbonyl (C=O) groups excluding carboxylic acids is 1. The molecule has 1 aliphatic rings. The zero-order valence-corrected chi connectivity index (χ0v) is 16.6. The van der Waals surface area contributed by atoms with Gasteiger partial charge in [0.25, 0.3) is 0 Å². The lowest BCUT2D eigenvalue weighted by atomic mass is 10.2. The van der Waals surface area contributed by atoms with Crippen LogP contribution >= 0.6 is 0 Å². The Morgan fingerprint density at radius 1 is 1.14 bits per heavy atom. The SMILES string of the molecule is CCOc1ccc(-c2noc(CCC(=O)N(Cc3ccccc3)C3CC3)n2)cc1. The molecule has 1 fully saturated rings. The minimum absolute atomic E-state index is 0.136. The Kier molecular flexibility index (Phi) is 5.89. The van der Waals surface area contributed by atoms with E-state index in [2.05, 4.69) is 22.3 Å². The first kappa shape index (κ1) is 19.2. The molecule has 1 heterocycles. The number of nitrogens with zero attached hydrogens (tertiary/aromatic N) is 3. The zero-order valence-electron chi connectivity index (χ0n) is 16.6. The molecular formula is C23H25N3O3. The quantitative estimate of drug-likeness (QED) is 0.545. The molecule has 1 amide bonds. The monoisotopic (exact) mass is 391 g/mol. The lowest BCUT2D eigenvalue weighted by molar-refractivity contribution is -0.132. The number of hydrogen-bond donors (Lipinski definition) is 0.